The summed E-state index contributed by atoms with van der Waals surface area (Å²) in [4.78, 5) is 20.3. The van der Waals surface area contributed by atoms with Crippen molar-refractivity contribution >= 4 is 23.3 Å². The Morgan fingerprint density at radius 3 is 2.53 bits per heavy atom. The molecule has 0 radical (unpaired) electrons. The van der Waals surface area contributed by atoms with Crippen LogP contribution in [0.25, 0.3) is 0 Å². The summed E-state index contributed by atoms with van der Waals surface area (Å²) in [6, 6.07) is 6.98. The minimum Gasteiger partial charge on any atom is -0.355 e. The minimum atomic E-state index is -4.50. The van der Waals surface area contributed by atoms with E-state index in [2.05, 4.69) is 10.3 Å². The molecule has 0 saturated carbocycles. The van der Waals surface area contributed by atoms with Gasteiger partial charge in [-0.3, -0.25) is 4.79 Å². The molecule has 1 saturated heterocycles. The number of rotatable bonds is 6. The molecule has 1 aliphatic rings. The smallest absolute Gasteiger partial charge is 0.355 e. The molecule has 1 amide bonds. The first kappa shape index (κ1) is 24.3. The maximum Gasteiger partial charge on any atom is 0.417 e. The zero-order chi connectivity index (χ0) is 23.5. The molecule has 1 aliphatic heterocycles. The molecule has 1 aromatic carbocycles. The van der Waals surface area contributed by atoms with Crippen molar-refractivity contribution in [2.75, 3.05) is 38.6 Å². The Balaban J connectivity index is 1.56. The maximum absolute atomic E-state index is 13.6. The quantitative estimate of drug-likeness (QED) is 0.628. The van der Waals surface area contributed by atoms with Crippen LogP contribution in [-0.4, -0.2) is 49.5 Å². The van der Waals surface area contributed by atoms with Crippen LogP contribution in [0.2, 0.25) is 5.02 Å². The molecule has 2 aromatic rings. The summed E-state index contributed by atoms with van der Waals surface area (Å²) in [7, 11) is 3.72. The van der Waals surface area contributed by atoms with E-state index in [0.29, 0.717) is 32.5 Å². The topological polar surface area (TPSA) is 48.5 Å². The van der Waals surface area contributed by atoms with Gasteiger partial charge >= 0.3 is 6.18 Å². The van der Waals surface area contributed by atoms with Gasteiger partial charge in [-0.1, -0.05) is 23.7 Å². The van der Waals surface area contributed by atoms with Crippen molar-refractivity contribution in [1.29, 1.82) is 0 Å². The van der Waals surface area contributed by atoms with Gasteiger partial charge in [0, 0.05) is 31.7 Å². The third-order valence-electron chi connectivity index (χ3n) is 5.64. The normalized spacial score (nSPS) is 16.3. The number of piperidine rings is 1. The van der Waals surface area contributed by atoms with Crippen molar-refractivity contribution in [1.82, 2.24) is 15.2 Å². The van der Waals surface area contributed by atoms with E-state index in [1.807, 2.05) is 25.1 Å². The largest absolute Gasteiger partial charge is 0.417 e. The molecule has 1 aromatic heterocycles. The summed E-state index contributed by atoms with van der Waals surface area (Å²) in [6.45, 7) is 1.25. The number of alkyl halides is 3. The highest BCUT2D eigenvalue weighted by molar-refractivity contribution is 6.33. The van der Waals surface area contributed by atoms with E-state index in [1.165, 1.54) is 12.1 Å². The SMILES string of the molecule is CN(C)[C@@H](CNC(=O)C1CCN(c2ncc(C(F)(F)F)cc2Cl)CC1)c1cccc(F)c1. The van der Waals surface area contributed by atoms with Gasteiger partial charge < -0.3 is 15.1 Å². The summed E-state index contributed by atoms with van der Waals surface area (Å²) in [6.07, 6.45) is -2.68. The number of likely N-dealkylation sites (N-methyl/N-ethyl adjacent to an activating group) is 1. The van der Waals surface area contributed by atoms with Crippen LogP contribution in [0.3, 0.4) is 0 Å². The standard InChI is InChI=1S/C22H25ClF4N4O/c1-30(2)19(15-4-3-5-17(24)10-15)13-29-21(32)14-6-8-31(9-7-14)20-18(23)11-16(12-28-20)22(25,26)27/h3-5,10-12,14,19H,6-9,13H2,1-2H3,(H,29,32)/t19-/m0/s1. The van der Waals surface area contributed by atoms with Gasteiger partial charge in [-0.05, 0) is 50.7 Å². The molecule has 5 nitrogen and oxygen atoms in total. The van der Waals surface area contributed by atoms with Crippen LogP contribution in [-0.2, 0) is 11.0 Å². The molecule has 1 atom stereocenters. The average Bonchev–Trinajstić information content (AvgIpc) is 2.73. The van der Waals surface area contributed by atoms with E-state index < -0.39 is 11.7 Å². The molecule has 0 bridgehead atoms. The van der Waals surface area contributed by atoms with Crippen molar-refractivity contribution in [3.8, 4) is 0 Å². The van der Waals surface area contributed by atoms with Gasteiger partial charge in [0.15, 0.2) is 0 Å². The molecular weight excluding hydrogens is 448 g/mol. The highest BCUT2D eigenvalue weighted by Gasteiger charge is 2.33. The molecule has 3 rings (SSSR count). The summed E-state index contributed by atoms with van der Waals surface area (Å²) >= 11 is 6.04. The van der Waals surface area contributed by atoms with Crippen LogP contribution < -0.4 is 10.2 Å². The van der Waals surface area contributed by atoms with Gasteiger partial charge in [-0.2, -0.15) is 13.2 Å². The average molecular weight is 473 g/mol. The number of hydrogen-bond donors (Lipinski definition) is 1. The highest BCUT2D eigenvalue weighted by Crippen LogP contribution is 2.34. The zero-order valence-corrected chi connectivity index (χ0v) is 18.5. The van der Waals surface area contributed by atoms with E-state index in [0.717, 1.165) is 17.8 Å². The first-order chi connectivity index (χ1) is 15.1. The van der Waals surface area contributed by atoms with Gasteiger partial charge in [-0.15, -0.1) is 0 Å². The van der Waals surface area contributed by atoms with Gasteiger partial charge in [0.2, 0.25) is 5.91 Å². The lowest BCUT2D eigenvalue weighted by Crippen LogP contribution is -2.43. The summed E-state index contributed by atoms with van der Waals surface area (Å²) < 4.78 is 52.0. The Bertz CT molecular complexity index is 946. The Morgan fingerprint density at radius 1 is 1.28 bits per heavy atom. The predicted octanol–water partition coefficient (Wildman–Crippen LogP) is 4.53. The van der Waals surface area contributed by atoms with Crippen LogP contribution >= 0.6 is 11.6 Å². The number of carbonyl (C=O) groups excluding carboxylic acids is 1. The Kier molecular flexibility index (Phi) is 7.61. The number of anilines is 1. The van der Waals surface area contributed by atoms with Crippen molar-refractivity contribution in [3.63, 3.8) is 0 Å². The Hall–Kier alpha value is -2.39. The third-order valence-corrected chi connectivity index (χ3v) is 5.92. The van der Waals surface area contributed by atoms with Crippen LogP contribution in [0, 0.1) is 11.7 Å². The first-order valence-electron chi connectivity index (χ1n) is 10.2. The van der Waals surface area contributed by atoms with Crippen LogP contribution in [0.5, 0.6) is 0 Å². The van der Waals surface area contributed by atoms with Gasteiger partial charge in [-0.25, -0.2) is 9.37 Å². The number of benzene rings is 1. The summed E-state index contributed by atoms with van der Waals surface area (Å²) in [5, 5.41) is 2.89. The van der Waals surface area contributed by atoms with Crippen molar-refractivity contribution in [2.45, 2.75) is 25.1 Å². The minimum absolute atomic E-state index is 0.0633. The molecule has 0 unspecified atom stereocenters. The number of nitrogens with one attached hydrogen (secondary N) is 1. The molecule has 1 N–H and O–H groups in total. The fraction of sp³-hybridized carbons (Fsp3) is 0.455. The number of pyridine rings is 1. The first-order valence-corrected chi connectivity index (χ1v) is 10.6. The number of aromatic nitrogens is 1. The number of nitrogens with zero attached hydrogens (tertiary/aromatic N) is 3. The fourth-order valence-electron chi connectivity index (χ4n) is 3.83. The highest BCUT2D eigenvalue weighted by atomic mass is 35.5. The van der Waals surface area contributed by atoms with Gasteiger partial charge in [0.25, 0.3) is 0 Å². The summed E-state index contributed by atoms with van der Waals surface area (Å²) in [5.41, 5.74) is -0.123. The Labute approximate surface area is 189 Å². The molecule has 10 heteroatoms. The monoisotopic (exact) mass is 472 g/mol. The second kappa shape index (κ2) is 10.0. The van der Waals surface area contributed by atoms with E-state index >= 15 is 0 Å². The van der Waals surface area contributed by atoms with Crippen molar-refractivity contribution in [3.05, 3.63) is 58.5 Å². The van der Waals surface area contributed by atoms with Crippen molar-refractivity contribution < 1.29 is 22.4 Å². The van der Waals surface area contributed by atoms with Crippen LogP contribution in [0.1, 0.15) is 30.0 Å². The molecule has 0 aliphatic carbocycles. The second-order valence-corrected chi connectivity index (χ2v) is 8.48. The lowest BCUT2D eigenvalue weighted by Gasteiger charge is -2.33. The van der Waals surface area contributed by atoms with Crippen molar-refractivity contribution in [2.24, 2.45) is 5.92 Å². The lowest BCUT2D eigenvalue weighted by molar-refractivity contribution is -0.137. The van der Waals surface area contributed by atoms with Gasteiger partial charge in [0.1, 0.15) is 11.6 Å². The summed E-state index contributed by atoms with van der Waals surface area (Å²) in [5.74, 6) is -0.366. The fourth-order valence-corrected chi connectivity index (χ4v) is 4.11. The van der Waals surface area contributed by atoms with E-state index in [1.54, 1.807) is 11.0 Å². The predicted molar refractivity (Wildman–Crippen MR) is 115 cm³/mol. The van der Waals surface area contributed by atoms with Crippen LogP contribution in [0.4, 0.5) is 23.4 Å². The molecule has 1 fully saturated rings. The number of hydrogen-bond acceptors (Lipinski definition) is 4. The maximum atomic E-state index is 13.6. The zero-order valence-electron chi connectivity index (χ0n) is 17.8. The molecule has 2 heterocycles. The van der Waals surface area contributed by atoms with Gasteiger partial charge in [0.05, 0.1) is 16.6 Å². The number of carbonyl (C=O) groups is 1. The third kappa shape index (κ3) is 5.89. The second-order valence-electron chi connectivity index (χ2n) is 8.07. The lowest BCUT2D eigenvalue weighted by atomic mass is 9.95. The Morgan fingerprint density at radius 2 is 1.97 bits per heavy atom. The molecule has 0 spiro atoms. The number of amides is 1. The molecular formula is C22H25ClF4N4O. The number of halogens is 5. The molecule has 174 valence electrons. The van der Waals surface area contributed by atoms with Crippen LogP contribution in [0.15, 0.2) is 36.5 Å². The van der Waals surface area contributed by atoms with E-state index in [9.17, 15) is 22.4 Å². The van der Waals surface area contributed by atoms with E-state index in [-0.39, 0.29) is 34.5 Å². The molecule has 32 heavy (non-hydrogen) atoms. The van der Waals surface area contributed by atoms with E-state index in [4.69, 9.17) is 11.6 Å².